The van der Waals surface area contributed by atoms with E-state index in [0.717, 1.165) is 6.07 Å². The van der Waals surface area contributed by atoms with E-state index < -0.39 is 28.6 Å². The van der Waals surface area contributed by atoms with Crippen LogP contribution in [0.5, 0.6) is 0 Å². The van der Waals surface area contributed by atoms with Crippen LogP contribution < -0.4 is 11.1 Å². The van der Waals surface area contributed by atoms with Gasteiger partial charge in [0.15, 0.2) is 5.69 Å². The van der Waals surface area contributed by atoms with Gasteiger partial charge in [0, 0.05) is 11.6 Å². The van der Waals surface area contributed by atoms with Crippen LogP contribution in [0.15, 0.2) is 48.7 Å². The van der Waals surface area contributed by atoms with Gasteiger partial charge in [-0.3, -0.25) is 24.4 Å². The SMILES string of the molecule is Cc1nn(Cn2ccc(C(=O)Nc3c(C(N)=O)sc4nc(C(F)(F)F)cc(-c5ccccc5)c34)n2)c(C)c1[N+](=O)[O-]. The highest BCUT2D eigenvalue weighted by molar-refractivity contribution is 7.21. The molecule has 0 radical (unpaired) electrons. The number of nitrogens with one attached hydrogen (secondary N) is 1. The van der Waals surface area contributed by atoms with Crippen molar-refractivity contribution in [2.45, 2.75) is 26.7 Å². The number of benzene rings is 1. The molecule has 5 aromatic rings. The zero-order chi connectivity index (χ0) is 29.6. The minimum Gasteiger partial charge on any atom is -0.365 e. The number of aromatic nitrogens is 5. The zero-order valence-corrected chi connectivity index (χ0v) is 22.1. The summed E-state index contributed by atoms with van der Waals surface area (Å²) in [6, 6.07) is 10.4. The van der Waals surface area contributed by atoms with Crippen molar-refractivity contribution in [2.75, 3.05) is 5.32 Å². The lowest BCUT2D eigenvalue weighted by Crippen LogP contribution is -2.18. The summed E-state index contributed by atoms with van der Waals surface area (Å²) in [5.74, 6) is -1.74. The summed E-state index contributed by atoms with van der Waals surface area (Å²) >= 11 is 0.630. The molecular formula is C25H19F3N8O4S. The minimum absolute atomic E-state index is 0.0377. The molecule has 0 aliphatic rings. The fourth-order valence-electron chi connectivity index (χ4n) is 4.35. The Hall–Kier alpha value is -5.12. The molecule has 16 heteroatoms. The Labute approximate surface area is 232 Å². The number of nitrogens with two attached hydrogens (primary N) is 1. The third kappa shape index (κ3) is 5.11. The molecule has 12 nitrogen and oxygen atoms in total. The van der Waals surface area contributed by atoms with Crippen molar-refractivity contribution in [3.63, 3.8) is 0 Å². The van der Waals surface area contributed by atoms with Crippen molar-refractivity contribution in [2.24, 2.45) is 5.73 Å². The van der Waals surface area contributed by atoms with E-state index in [2.05, 4.69) is 20.5 Å². The Kier molecular flexibility index (Phi) is 6.78. The molecule has 210 valence electrons. The van der Waals surface area contributed by atoms with Crippen molar-refractivity contribution < 1.29 is 27.7 Å². The predicted molar refractivity (Wildman–Crippen MR) is 143 cm³/mol. The molecule has 4 aromatic heterocycles. The molecule has 3 N–H and O–H groups in total. The average Bonchev–Trinajstić information content (AvgIpc) is 3.59. The first-order chi connectivity index (χ1) is 19.3. The van der Waals surface area contributed by atoms with Crippen LogP contribution in [-0.2, 0) is 12.8 Å². The summed E-state index contributed by atoms with van der Waals surface area (Å²) in [7, 11) is 0. The number of hydrogen-bond acceptors (Lipinski definition) is 8. The lowest BCUT2D eigenvalue weighted by Gasteiger charge is -2.12. The molecule has 0 aliphatic carbocycles. The van der Waals surface area contributed by atoms with Gasteiger partial charge in [0.2, 0.25) is 0 Å². The molecule has 0 aliphatic heterocycles. The summed E-state index contributed by atoms with van der Waals surface area (Å²) in [5, 5.41) is 22.3. The lowest BCUT2D eigenvalue weighted by molar-refractivity contribution is -0.386. The second-order valence-electron chi connectivity index (χ2n) is 8.88. The van der Waals surface area contributed by atoms with E-state index in [1.807, 2.05) is 0 Å². The molecular weight excluding hydrogens is 565 g/mol. The van der Waals surface area contributed by atoms with Crippen molar-refractivity contribution >= 4 is 44.7 Å². The highest BCUT2D eigenvalue weighted by Gasteiger charge is 2.35. The summed E-state index contributed by atoms with van der Waals surface area (Å²) < 4.78 is 43.7. The smallest absolute Gasteiger partial charge is 0.365 e. The summed E-state index contributed by atoms with van der Waals surface area (Å²) in [5.41, 5.74) is 5.06. The van der Waals surface area contributed by atoms with E-state index in [4.69, 9.17) is 5.73 Å². The van der Waals surface area contributed by atoms with Crippen molar-refractivity contribution in [1.82, 2.24) is 24.5 Å². The number of rotatable bonds is 7. The second kappa shape index (κ2) is 10.1. The van der Waals surface area contributed by atoms with E-state index in [1.54, 1.807) is 30.3 Å². The van der Waals surface area contributed by atoms with Crippen molar-refractivity contribution in [3.8, 4) is 11.1 Å². The quantitative estimate of drug-likeness (QED) is 0.206. The standard InChI is InChI=1S/C25H19F3N8O4S/c1-12-20(36(39)40)13(2)35(32-12)11-34-9-8-16(33-34)23(38)31-19-18-15(14-6-4-3-5-7-14)10-17(25(26,27)28)30-24(18)41-21(19)22(29)37/h3-10H,11H2,1-2H3,(H2,29,37)(H,31,38). The Balaban J connectivity index is 1.54. The molecule has 4 heterocycles. The van der Waals surface area contributed by atoms with E-state index >= 15 is 0 Å². The number of carbonyl (C=O) groups is 2. The average molecular weight is 585 g/mol. The van der Waals surface area contributed by atoms with Crippen LogP contribution in [0.3, 0.4) is 0 Å². The number of fused-ring (bicyclic) bond motifs is 1. The molecule has 2 amide bonds. The number of aryl methyl sites for hydroxylation is 1. The first kappa shape index (κ1) is 27.4. The number of primary amides is 1. The number of carbonyl (C=O) groups excluding carboxylic acids is 2. The Morgan fingerprint density at radius 1 is 1.15 bits per heavy atom. The number of alkyl halides is 3. The maximum atomic E-state index is 13.7. The Morgan fingerprint density at radius 3 is 2.46 bits per heavy atom. The number of thiophene rings is 1. The first-order valence-electron chi connectivity index (χ1n) is 11.8. The van der Waals surface area contributed by atoms with Gasteiger partial charge in [-0.25, -0.2) is 9.67 Å². The van der Waals surface area contributed by atoms with E-state index in [-0.39, 0.29) is 50.1 Å². The molecule has 41 heavy (non-hydrogen) atoms. The Morgan fingerprint density at radius 2 is 1.85 bits per heavy atom. The van der Waals surface area contributed by atoms with Gasteiger partial charge in [-0.15, -0.1) is 11.3 Å². The van der Waals surface area contributed by atoms with E-state index in [0.29, 0.717) is 22.6 Å². The fraction of sp³-hybridized carbons (Fsp3) is 0.160. The summed E-state index contributed by atoms with van der Waals surface area (Å²) in [6.45, 7) is 3.00. The lowest BCUT2D eigenvalue weighted by atomic mass is 10.0. The van der Waals surface area contributed by atoms with Gasteiger partial charge in [0.1, 0.15) is 33.5 Å². The summed E-state index contributed by atoms with van der Waals surface area (Å²) in [4.78, 5) is 39.7. The topological polar surface area (TPSA) is 164 Å². The van der Waals surface area contributed by atoms with Crippen LogP contribution in [0.1, 0.15) is 37.2 Å². The number of amides is 2. The van der Waals surface area contributed by atoms with Crippen LogP contribution in [0, 0.1) is 24.0 Å². The maximum absolute atomic E-state index is 13.7. The highest BCUT2D eigenvalue weighted by Crippen LogP contribution is 2.43. The maximum Gasteiger partial charge on any atom is 0.433 e. The molecule has 0 saturated heterocycles. The van der Waals surface area contributed by atoms with Gasteiger partial charge in [0.25, 0.3) is 11.8 Å². The first-order valence-corrected chi connectivity index (χ1v) is 12.6. The predicted octanol–water partition coefficient (Wildman–Crippen LogP) is 4.76. The molecule has 0 fully saturated rings. The normalized spacial score (nSPS) is 11.6. The van der Waals surface area contributed by atoms with Crippen LogP contribution in [0.2, 0.25) is 0 Å². The molecule has 5 rings (SSSR count). The van der Waals surface area contributed by atoms with Crippen molar-refractivity contribution in [3.05, 3.63) is 86.4 Å². The summed E-state index contributed by atoms with van der Waals surface area (Å²) in [6.07, 6.45) is -3.32. The number of nitro groups is 1. The minimum atomic E-state index is -4.77. The number of halogens is 3. The van der Waals surface area contributed by atoms with Gasteiger partial charge in [0.05, 0.1) is 10.6 Å². The van der Waals surface area contributed by atoms with Gasteiger partial charge < -0.3 is 11.1 Å². The number of nitrogens with zero attached hydrogens (tertiary/aromatic N) is 6. The van der Waals surface area contributed by atoms with Gasteiger partial charge in [-0.1, -0.05) is 30.3 Å². The zero-order valence-electron chi connectivity index (χ0n) is 21.3. The highest BCUT2D eigenvalue weighted by atomic mass is 32.1. The Bertz CT molecular complexity index is 1840. The molecule has 0 spiro atoms. The van der Waals surface area contributed by atoms with E-state index in [9.17, 15) is 32.9 Å². The van der Waals surface area contributed by atoms with Crippen LogP contribution >= 0.6 is 11.3 Å². The largest absolute Gasteiger partial charge is 0.433 e. The molecule has 0 bridgehead atoms. The fourth-order valence-corrected chi connectivity index (χ4v) is 5.35. The molecule has 0 atom stereocenters. The third-order valence-electron chi connectivity index (χ3n) is 6.18. The molecule has 0 unspecified atom stereocenters. The third-order valence-corrected chi connectivity index (χ3v) is 7.28. The number of anilines is 1. The van der Waals surface area contributed by atoms with Crippen LogP contribution in [-0.4, -0.2) is 41.3 Å². The van der Waals surface area contributed by atoms with E-state index in [1.165, 1.54) is 35.5 Å². The van der Waals surface area contributed by atoms with Crippen LogP contribution in [0.25, 0.3) is 21.3 Å². The monoisotopic (exact) mass is 584 g/mol. The number of hydrogen-bond donors (Lipinski definition) is 2. The van der Waals surface area contributed by atoms with Crippen LogP contribution in [0.4, 0.5) is 24.5 Å². The molecule has 1 aromatic carbocycles. The second-order valence-corrected chi connectivity index (χ2v) is 9.88. The van der Waals surface area contributed by atoms with Gasteiger partial charge in [-0.2, -0.15) is 23.4 Å². The van der Waals surface area contributed by atoms with Crippen molar-refractivity contribution in [1.29, 1.82) is 0 Å². The number of pyridine rings is 1. The van der Waals surface area contributed by atoms with Gasteiger partial charge >= 0.3 is 11.9 Å². The molecule has 0 saturated carbocycles. The van der Waals surface area contributed by atoms with Gasteiger partial charge in [-0.05, 0) is 37.1 Å².